The molecule has 0 bridgehead atoms. The van der Waals surface area contributed by atoms with E-state index >= 15 is 0 Å². The minimum atomic E-state index is -0.0722. The number of methoxy groups -OCH3 is 2. The van der Waals surface area contributed by atoms with E-state index in [1.54, 1.807) is 38.3 Å². The summed E-state index contributed by atoms with van der Waals surface area (Å²) in [6.07, 6.45) is 3.20. The van der Waals surface area contributed by atoms with Crippen molar-refractivity contribution in [3.63, 3.8) is 0 Å². The first-order chi connectivity index (χ1) is 7.22. The molecule has 0 amide bonds. The summed E-state index contributed by atoms with van der Waals surface area (Å²) < 4.78 is 10.2. The molecule has 0 N–H and O–H groups in total. The Morgan fingerprint density at radius 3 is 2.53 bits per heavy atom. The van der Waals surface area contributed by atoms with Gasteiger partial charge < -0.3 is 9.47 Å². The van der Waals surface area contributed by atoms with Crippen molar-refractivity contribution in [1.82, 2.24) is 0 Å². The highest BCUT2D eigenvalue weighted by Gasteiger charge is 2.10. The number of rotatable bonds is 4. The summed E-state index contributed by atoms with van der Waals surface area (Å²) in [5.74, 6) is 1.12. The molecule has 15 heavy (non-hydrogen) atoms. The maximum Gasteiger partial charge on any atom is 0.189 e. The molecule has 80 valence electrons. The lowest BCUT2D eigenvalue weighted by Crippen LogP contribution is -1.99. The number of allylic oxidation sites excluding steroid dienone is 2. The number of hydrogen-bond acceptors (Lipinski definition) is 3. The number of benzene rings is 1. The molecule has 3 heteroatoms. The first kappa shape index (κ1) is 11.3. The Hall–Kier alpha value is -1.77. The van der Waals surface area contributed by atoms with Crippen molar-refractivity contribution in [2.24, 2.45) is 0 Å². The minimum Gasteiger partial charge on any atom is -0.497 e. The van der Waals surface area contributed by atoms with Gasteiger partial charge in [-0.25, -0.2) is 0 Å². The van der Waals surface area contributed by atoms with Crippen LogP contribution in [0.1, 0.15) is 17.3 Å². The Labute approximate surface area is 89.3 Å². The SMILES string of the molecule is CC=CC(=O)c1ccc(OC)cc1OC. The third kappa shape index (κ3) is 2.59. The fraction of sp³-hybridized carbons (Fsp3) is 0.250. The highest BCUT2D eigenvalue weighted by atomic mass is 16.5. The smallest absolute Gasteiger partial charge is 0.189 e. The molecule has 1 rings (SSSR count). The van der Waals surface area contributed by atoms with Crippen LogP contribution in [-0.2, 0) is 0 Å². The third-order valence-electron chi connectivity index (χ3n) is 1.99. The van der Waals surface area contributed by atoms with E-state index < -0.39 is 0 Å². The van der Waals surface area contributed by atoms with Crippen LogP contribution in [0.5, 0.6) is 11.5 Å². The van der Waals surface area contributed by atoms with Gasteiger partial charge in [0.05, 0.1) is 19.8 Å². The van der Waals surface area contributed by atoms with Crippen LogP contribution in [0.15, 0.2) is 30.4 Å². The average Bonchev–Trinajstić information content (AvgIpc) is 2.28. The quantitative estimate of drug-likeness (QED) is 0.560. The van der Waals surface area contributed by atoms with Gasteiger partial charge in [0.15, 0.2) is 5.78 Å². The monoisotopic (exact) mass is 206 g/mol. The van der Waals surface area contributed by atoms with Crippen molar-refractivity contribution in [2.45, 2.75) is 6.92 Å². The van der Waals surface area contributed by atoms with Gasteiger partial charge in [0.1, 0.15) is 11.5 Å². The second-order valence-corrected chi connectivity index (χ2v) is 2.93. The Balaban J connectivity index is 3.12. The van der Waals surface area contributed by atoms with E-state index in [0.29, 0.717) is 17.1 Å². The van der Waals surface area contributed by atoms with Crippen LogP contribution in [0.25, 0.3) is 0 Å². The van der Waals surface area contributed by atoms with E-state index in [-0.39, 0.29) is 5.78 Å². The second-order valence-electron chi connectivity index (χ2n) is 2.93. The first-order valence-electron chi connectivity index (χ1n) is 4.62. The van der Waals surface area contributed by atoms with E-state index in [4.69, 9.17) is 9.47 Å². The Bertz CT molecular complexity index is 380. The van der Waals surface area contributed by atoms with Crippen molar-refractivity contribution in [2.75, 3.05) is 14.2 Å². The Morgan fingerprint density at radius 1 is 1.27 bits per heavy atom. The van der Waals surface area contributed by atoms with Crippen molar-refractivity contribution in [1.29, 1.82) is 0 Å². The van der Waals surface area contributed by atoms with Gasteiger partial charge in [0.2, 0.25) is 0 Å². The van der Waals surface area contributed by atoms with Crippen LogP contribution in [0, 0.1) is 0 Å². The van der Waals surface area contributed by atoms with Crippen molar-refractivity contribution < 1.29 is 14.3 Å². The molecular formula is C12H14O3. The van der Waals surface area contributed by atoms with Gasteiger partial charge in [-0.2, -0.15) is 0 Å². The van der Waals surface area contributed by atoms with Gasteiger partial charge in [0.25, 0.3) is 0 Å². The van der Waals surface area contributed by atoms with E-state index in [0.717, 1.165) is 0 Å². The number of hydrogen-bond donors (Lipinski definition) is 0. The zero-order valence-electron chi connectivity index (χ0n) is 9.11. The fourth-order valence-electron chi connectivity index (χ4n) is 1.24. The Morgan fingerprint density at radius 2 is 2.00 bits per heavy atom. The normalized spacial score (nSPS) is 10.3. The number of ether oxygens (including phenoxy) is 2. The van der Waals surface area contributed by atoms with Crippen LogP contribution >= 0.6 is 0 Å². The fourth-order valence-corrected chi connectivity index (χ4v) is 1.24. The first-order valence-corrected chi connectivity index (χ1v) is 4.62. The molecule has 0 aliphatic heterocycles. The van der Waals surface area contributed by atoms with E-state index in [1.165, 1.54) is 13.2 Å². The number of carbonyl (C=O) groups is 1. The molecule has 0 aliphatic carbocycles. The van der Waals surface area contributed by atoms with Gasteiger partial charge in [-0.3, -0.25) is 4.79 Å². The van der Waals surface area contributed by atoms with Crippen LogP contribution in [0.4, 0.5) is 0 Å². The number of ketones is 1. The molecule has 0 radical (unpaired) electrons. The molecule has 1 aromatic carbocycles. The molecule has 0 aromatic heterocycles. The maximum absolute atomic E-state index is 11.6. The minimum absolute atomic E-state index is 0.0722. The summed E-state index contributed by atoms with van der Waals surface area (Å²) >= 11 is 0. The molecule has 0 fully saturated rings. The van der Waals surface area contributed by atoms with Crippen LogP contribution in [0.2, 0.25) is 0 Å². The summed E-state index contributed by atoms with van der Waals surface area (Å²) in [6, 6.07) is 5.12. The molecule has 0 saturated heterocycles. The van der Waals surface area contributed by atoms with Crippen molar-refractivity contribution in [3.05, 3.63) is 35.9 Å². The average molecular weight is 206 g/mol. The highest BCUT2D eigenvalue weighted by Crippen LogP contribution is 2.25. The lowest BCUT2D eigenvalue weighted by atomic mass is 10.1. The largest absolute Gasteiger partial charge is 0.497 e. The topological polar surface area (TPSA) is 35.5 Å². The second kappa shape index (κ2) is 5.20. The van der Waals surface area contributed by atoms with Gasteiger partial charge in [0, 0.05) is 6.07 Å². The predicted octanol–water partition coefficient (Wildman–Crippen LogP) is 2.46. The summed E-state index contributed by atoms with van der Waals surface area (Å²) in [6.45, 7) is 1.80. The lowest BCUT2D eigenvalue weighted by Gasteiger charge is -2.07. The molecule has 1 aromatic rings. The highest BCUT2D eigenvalue weighted by molar-refractivity contribution is 6.06. The molecular weight excluding hydrogens is 192 g/mol. The van der Waals surface area contributed by atoms with Crippen molar-refractivity contribution in [3.8, 4) is 11.5 Å². The zero-order valence-corrected chi connectivity index (χ0v) is 9.11. The van der Waals surface area contributed by atoms with E-state index in [1.807, 2.05) is 0 Å². The van der Waals surface area contributed by atoms with Gasteiger partial charge in [-0.15, -0.1) is 0 Å². The van der Waals surface area contributed by atoms with Gasteiger partial charge in [-0.1, -0.05) is 6.08 Å². The van der Waals surface area contributed by atoms with E-state index in [9.17, 15) is 4.79 Å². The molecule has 0 atom stereocenters. The molecule has 0 unspecified atom stereocenters. The number of carbonyl (C=O) groups excluding carboxylic acids is 1. The van der Waals surface area contributed by atoms with E-state index in [2.05, 4.69) is 0 Å². The van der Waals surface area contributed by atoms with Crippen LogP contribution in [0.3, 0.4) is 0 Å². The summed E-state index contributed by atoms with van der Waals surface area (Å²) in [4.78, 5) is 11.6. The standard InChI is InChI=1S/C12H14O3/c1-4-5-11(13)10-7-6-9(14-2)8-12(10)15-3/h4-8H,1-3H3. The summed E-state index contributed by atoms with van der Waals surface area (Å²) in [7, 11) is 3.10. The lowest BCUT2D eigenvalue weighted by molar-refractivity contribution is 0.104. The molecule has 3 nitrogen and oxygen atoms in total. The molecule has 0 heterocycles. The van der Waals surface area contributed by atoms with Crippen molar-refractivity contribution >= 4 is 5.78 Å². The molecule has 0 spiro atoms. The molecule has 0 saturated carbocycles. The van der Waals surface area contributed by atoms with Crippen LogP contribution in [-0.4, -0.2) is 20.0 Å². The Kier molecular flexibility index (Phi) is 3.92. The van der Waals surface area contributed by atoms with Gasteiger partial charge >= 0.3 is 0 Å². The van der Waals surface area contributed by atoms with Gasteiger partial charge in [-0.05, 0) is 25.1 Å². The summed E-state index contributed by atoms with van der Waals surface area (Å²) in [5, 5.41) is 0. The molecule has 0 aliphatic rings. The predicted molar refractivity (Wildman–Crippen MR) is 58.7 cm³/mol. The maximum atomic E-state index is 11.6. The van der Waals surface area contributed by atoms with Crippen LogP contribution < -0.4 is 9.47 Å². The summed E-state index contributed by atoms with van der Waals surface area (Å²) in [5.41, 5.74) is 0.538. The third-order valence-corrected chi connectivity index (χ3v) is 1.99. The zero-order chi connectivity index (χ0) is 11.3.